The maximum Gasteiger partial charge on any atom is 0.306 e. The lowest BCUT2D eigenvalue weighted by Gasteiger charge is -2.23. The Labute approximate surface area is 378 Å². The molecule has 8 nitrogen and oxygen atoms in total. The highest BCUT2D eigenvalue weighted by Crippen LogP contribution is 2.21. The zero-order valence-corrected chi connectivity index (χ0v) is 41.0. The van der Waals surface area contributed by atoms with Crippen LogP contribution in [-0.4, -0.2) is 67.3 Å². The average molecular weight is 857 g/mol. The van der Waals surface area contributed by atoms with E-state index in [0.29, 0.717) is 12.8 Å². The molecule has 1 aromatic rings. The average Bonchev–Trinajstić information content (AvgIpc) is 3.27. The van der Waals surface area contributed by atoms with Crippen LogP contribution in [0.15, 0.2) is 18.5 Å². The van der Waals surface area contributed by atoms with E-state index in [-0.39, 0.29) is 24.1 Å². The van der Waals surface area contributed by atoms with Gasteiger partial charge in [0.2, 0.25) is 0 Å². The van der Waals surface area contributed by atoms with Gasteiger partial charge in [0.15, 0.2) is 0 Å². The Balaban J connectivity index is 2.41. The van der Waals surface area contributed by atoms with Gasteiger partial charge in [0, 0.05) is 32.6 Å². The topological polar surface area (TPSA) is 92.8 Å². The van der Waals surface area contributed by atoms with Crippen LogP contribution in [-0.2, 0) is 19.1 Å². The van der Waals surface area contributed by atoms with Crippen LogP contribution in [0.2, 0.25) is 0 Å². The number of hydrogen-bond acceptors (Lipinski definition) is 8. The molecular weight excluding hydrogens is 757 g/mol. The third kappa shape index (κ3) is 34.8. The van der Waals surface area contributed by atoms with Crippen molar-refractivity contribution in [2.45, 2.75) is 265 Å². The lowest BCUT2D eigenvalue weighted by molar-refractivity contribution is -0.150. The van der Waals surface area contributed by atoms with Crippen LogP contribution in [0.3, 0.4) is 0 Å². The van der Waals surface area contributed by atoms with Crippen molar-refractivity contribution in [3.63, 3.8) is 0 Å². The molecule has 0 aromatic carbocycles. The predicted molar refractivity (Wildman–Crippen MR) is 263 cm³/mol. The maximum atomic E-state index is 12.9. The van der Waals surface area contributed by atoms with Crippen molar-refractivity contribution in [2.24, 2.45) is 0 Å². The quantitative estimate of drug-likeness (QED) is 0.0495. The number of aromatic nitrogens is 1. The summed E-state index contributed by atoms with van der Waals surface area (Å²) < 4.78 is 11.9. The number of carbonyl (C=O) groups is 2. The van der Waals surface area contributed by atoms with Gasteiger partial charge in [-0.3, -0.25) is 14.6 Å². The van der Waals surface area contributed by atoms with Crippen molar-refractivity contribution in [3.05, 3.63) is 18.5 Å². The molecule has 0 fully saturated rings. The van der Waals surface area contributed by atoms with Gasteiger partial charge in [-0.15, -0.1) is 0 Å². The third-order valence-corrected chi connectivity index (χ3v) is 12.5. The van der Waals surface area contributed by atoms with Crippen molar-refractivity contribution in [1.29, 1.82) is 0 Å². The Morgan fingerprint density at radius 3 is 1.41 bits per heavy atom. The van der Waals surface area contributed by atoms with Gasteiger partial charge in [0.25, 0.3) is 0 Å². The van der Waals surface area contributed by atoms with Gasteiger partial charge in [-0.05, 0) is 103 Å². The lowest BCUT2D eigenvalue weighted by atomic mass is 10.0. The summed E-state index contributed by atoms with van der Waals surface area (Å²) in [6.07, 6.45) is 44.4. The van der Waals surface area contributed by atoms with Crippen molar-refractivity contribution < 1.29 is 19.1 Å². The van der Waals surface area contributed by atoms with Gasteiger partial charge in [-0.25, -0.2) is 0 Å². The fourth-order valence-corrected chi connectivity index (χ4v) is 8.43. The molecule has 8 heteroatoms. The van der Waals surface area contributed by atoms with Crippen molar-refractivity contribution in [1.82, 2.24) is 9.88 Å². The van der Waals surface area contributed by atoms with E-state index in [1.807, 2.05) is 25.5 Å². The first-order valence-electron chi connectivity index (χ1n) is 26.4. The Morgan fingerprint density at radius 1 is 0.525 bits per heavy atom. The first-order chi connectivity index (χ1) is 30.0. The molecule has 1 rings (SSSR count). The van der Waals surface area contributed by atoms with E-state index in [1.54, 1.807) is 0 Å². The number of unbranched alkanes of at least 4 members (excludes halogenated alkanes) is 23. The third-order valence-electron chi connectivity index (χ3n) is 12.5. The summed E-state index contributed by atoms with van der Waals surface area (Å²) in [5.41, 5.74) is 2.13. The Bertz CT molecular complexity index is 1100. The minimum Gasteiger partial charge on any atom is -0.462 e. The van der Waals surface area contributed by atoms with Gasteiger partial charge in [0.05, 0.1) is 17.6 Å². The number of esters is 2. The van der Waals surface area contributed by atoms with E-state index >= 15 is 0 Å². The highest BCUT2D eigenvalue weighted by atomic mass is 16.5. The number of rotatable bonds is 46. The number of hydrogen-bond donors (Lipinski definition) is 2. The number of carbonyl (C=O) groups excluding carboxylic acids is 2. The summed E-state index contributed by atoms with van der Waals surface area (Å²) in [6.45, 7) is 13.2. The Hall–Kier alpha value is -2.35. The molecule has 61 heavy (non-hydrogen) atoms. The summed E-state index contributed by atoms with van der Waals surface area (Å²) in [5, 5.41) is 6.83. The van der Waals surface area contributed by atoms with Crippen LogP contribution in [0.1, 0.15) is 252 Å². The smallest absolute Gasteiger partial charge is 0.306 e. The first kappa shape index (κ1) is 56.7. The molecule has 1 aromatic heterocycles. The number of pyridine rings is 1. The number of nitrogens with zero attached hydrogens (tertiary/aromatic N) is 2. The molecule has 0 saturated carbocycles. The lowest BCUT2D eigenvalue weighted by Crippen LogP contribution is -2.28. The van der Waals surface area contributed by atoms with E-state index in [2.05, 4.69) is 48.2 Å². The molecule has 0 aliphatic carbocycles. The first-order valence-corrected chi connectivity index (χ1v) is 26.4. The molecular formula is C53H100N4O4. The molecule has 0 bridgehead atoms. The largest absolute Gasteiger partial charge is 0.462 e. The van der Waals surface area contributed by atoms with Crippen LogP contribution in [0.25, 0.3) is 0 Å². The van der Waals surface area contributed by atoms with E-state index < -0.39 is 0 Å². The zero-order valence-electron chi connectivity index (χ0n) is 41.0. The minimum atomic E-state index is -0.00241. The summed E-state index contributed by atoms with van der Waals surface area (Å²) in [5.74, 6) is 0.0246. The zero-order chi connectivity index (χ0) is 44.3. The second-order valence-electron chi connectivity index (χ2n) is 18.1. The van der Waals surface area contributed by atoms with Crippen LogP contribution >= 0.6 is 0 Å². The molecule has 0 aliphatic heterocycles. The van der Waals surface area contributed by atoms with E-state index in [4.69, 9.17) is 9.47 Å². The number of anilines is 2. The fraction of sp³-hybridized carbons (Fsp3) is 0.868. The highest BCUT2D eigenvalue weighted by Gasteiger charge is 2.15. The van der Waals surface area contributed by atoms with Crippen molar-refractivity contribution in [2.75, 3.05) is 43.9 Å². The standard InChI is InChI=1S/C53H100N4O4/c1-6-10-13-16-21-28-36-48(9-4)60-52(58)39-31-24-19-26-33-44-57(46-35-42-56-50-41-43-55-47-51(50)54-5)45-34-27-20-25-32-40-53(59)61-49(37-29-22-17-14-11-7-2)38-30-23-18-15-12-8-3/h41,43,47-49,54H,6-40,42,44-46H2,1-5H3,(H,55,56). The summed E-state index contributed by atoms with van der Waals surface area (Å²) >= 11 is 0. The Kier molecular flexibility index (Phi) is 39.9. The predicted octanol–water partition coefficient (Wildman–Crippen LogP) is 15.4. The molecule has 1 atom stereocenters. The van der Waals surface area contributed by atoms with Crippen LogP contribution in [0.5, 0.6) is 0 Å². The van der Waals surface area contributed by atoms with Crippen LogP contribution < -0.4 is 10.6 Å². The molecule has 1 heterocycles. The van der Waals surface area contributed by atoms with Gasteiger partial charge in [-0.1, -0.05) is 163 Å². The van der Waals surface area contributed by atoms with Crippen molar-refractivity contribution >= 4 is 23.3 Å². The van der Waals surface area contributed by atoms with Gasteiger partial charge < -0.3 is 25.0 Å². The normalized spacial score (nSPS) is 12.0. The summed E-state index contributed by atoms with van der Waals surface area (Å²) in [7, 11) is 1.94. The van der Waals surface area contributed by atoms with E-state index in [9.17, 15) is 9.59 Å². The summed E-state index contributed by atoms with van der Waals surface area (Å²) in [4.78, 5) is 32.3. The van der Waals surface area contributed by atoms with Crippen LogP contribution in [0.4, 0.5) is 11.4 Å². The maximum absolute atomic E-state index is 12.9. The monoisotopic (exact) mass is 857 g/mol. The van der Waals surface area contributed by atoms with Crippen LogP contribution in [0, 0.1) is 0 Å². The van der Waals surface area contributed by atoms with E-state index in [0.717, 1.165) is 95.3 Å². The van der Waals surface area contributed by atoms with Gasteiger partial charge in [0.1, 0.15) is 12.2 Å². The molecule has 2 N–H and O–H groups in total. The molecule has 0 amide bonds. The second-order valence-corrected chi connectivity index (χ2v) is 18.1. The number of ether oxygens (including phenoxy) is 2. The minimum absolute atomic E-state index is 0.00241. The molecule has 0 aliphatic rings. The summed E-state index contributed by atoms with van der Waals surface area (Å²) in [6, 6.07) is 2.03. The molecule has 0 saturated heterocycles. The van der Waals surface area contributed by atoms with E-state index in [1.165, 1.54) is 154 Å². The second kappa shape index (κ2) is 42.9. The SMILES string of the molecule is CCCCCCCCC(CC)OC(=O)CCCCCCCN(CCCCCCCC(=O)OC(CCCCCCCC)CCCCCCCC)CCCNc1ccncc1NC. The fourth-order valence-electron chi connectivity index (χ4n) is 8.43. The highest BCUT2D eigenvalue weighted by molar-refractivity contribution is 5.70. The molecule has 356 valence electrons. The van der Waals surface area contributed by atoms with Gasteiger partial charge >= 0.3 is 11.9 Å². The Morgan fingerprint density at radius 2 is 0.934 bits per heavy atom. The number of nitrogens with one attached hydrogen (secondary N) is 2. The molecule has 0 radical (unpaired) electrons. The van der Waals surface area contributed by atoms with Gasteiger partial charge in [-0.2, -0.15) is 0 Å². The molecule has 0 spiro atoms. The molecule has 1 unspecified atom stereocenters. The van der Waals surface area contributed by atoms with Crippen molar-refractivity contribution in [3.8, 4) is 0 Å².